The second-order valence-corrected chi connectivity index (χ2v) is 2.67. The summed E-state index contributed by atoms with van der Waals surface area (Å²) in [6.45, 7) is 2.30. The van der Waals surface area contributed by atoms with Crippen LogP contribution in [0.1, 0.15) is 26.2 Å². The third kappa shape index (κ3) is 0.989. The average Bonchev–Trinajstić information content (AvgIpc) is 1.91. The van der Waals surface area contributed by atoms with Crippen LogP contribution in [-0.2, 0) is 0 Å². The highest BCUT2D eigenvalue weighted by molar-refractivity contribution is 6.11. The summed E-state index contributed by atoms with van der Waals surface area (Å²) in [6.07, 6.45) is 4.19. The molecule has 0 saturated heterocycles. The number of hydrogen-bond donors (Lipinski definition) is 0. The van der Waals surface area contributed by atoms with Gasteiger partial charge >= 0.3 is 0 Å². The minimum Gasteiger partial charge on any atom is -0.0708 e. The van der Waals surface area contributed by atoms with Crippen molar-refractivity contribution in [2.75, 3.05) is 0 Å². The highest BCUT2D eigenvalue weighted by atomic mass is 14.2. The van der Waals surface area contributed by atoms with E-state index in [9.17, 15) is 0 Å². The first kappa shape index (κ1) is 5.21. The van der Waals surface area contributed by atoms with Crippen molar-refractivity contribution in [3.63, 3.8) is 0 Å². The zero-order valence-electron chi connectivity index (χ0n) is 4.98. The van der Waals surface area contributed by atoms with Crippen molar-refractivity contribution in [3.8, 4) is 0 Å². The molecule has 1 saturated carbocycles. The van der Waals surface area contributed by atoms with Crippen molar-refractivity contribution >= 4 is 7.85 Å². The SMILES string of the molecule is [BH]C1CCCC1C. The van der Waals surface area contributed by atoms with Crippen LogP contribution in [-0.4, -0.2) is 7.85 Å². The minimum absolute atomic E-state index is 0.764. The Hall–Kier alpha value is 0.0649. The van der Waals surface area contributed by atoms with Gasteiger partial charge in [0.25, 0.3) is 0 Å². The van der Waals surface area contributed by atoms with Crippen LogP contribution in [0.15, 0.2) is 0 Å². The van der Waals surface area contributed by atoms with Crippen LogP contribution < -0.4 is 0 Å². The van der Waals surface area contributed by atoms with Gasteiger partial charge in [-0.2, -0.15) is 0 Å². The molecule has 2 atom stereocenters. The van der Waals surface area contributed by atoms with E-state index in [-0.39, 0.29) is 0 Å². The third-order valence-electron chi connectivity index (χ3n) is 2.04. The maximum atomic E-state index is 4.02. The third-order valence-corrected chi connectivity index (χ3v) is 2.04. The van der Waals surface area contributed by atoms with Crippen LogP contribution in [0.25, 0.3) is 0 Å². The van der Waals surface area contributed by atoms with Crippen LogP contribution in [0, 0.1) is 5.92 Å². The zero-order chi connectivity index (χ0) is 5.28. The second-order valence-electron chi connectivity index (χ2n) is 2.67. The average molecular weight is 95.0 g/mol. The van der Waals surface area contributed by atoms with Crippen molar-refractivity contribution in [2.24, 2.45) is 5.92 Å². The molecule has 0 aliphatic heterocycles. The molecule has 1 rings (SSSR count). The van der Waals surface area contributed by atoms with E-state index in [0.29, 0.717) is 0 Å². The molecule has 1 aliphatic carbocycles. The molecule has 0 amide bonds. The highest BCUT2D eigenvalue weighted by Gasteiger charge is 2.17. The molecule has 0 spiro atoms. The van der Waals surface area contributed by atoms with Crippen molar-refractivity contribution in [1.82, 2.24) is 0 Å². The molecular weight excluding hydrogens is 82.9 g/mol. The molecule has 0 aromatic carbocycles. The van der Waals surface area contributed by atoms with E-state index in [1.54, 1.807) is 0 Å². The summed E-state index contributed by atoms with van der Waals surface area (Å²) in [6, 6.07) is 0. The van der Waals surface area contributed by atoms with Crippen molar-refractivity contribution in [2.45, 2.75) is 32.0 Å². The maximum absolute atomic E-state index is 4.02. The van der Waals surface area contributed by atoms with Crippen LogP contribution in [0.3, 0.4) is 0 Å². The molecular formula is C6H12B. The van der Waals surface area contributed by atoms with Crippen LogP contribution >= 0.6 is 0 Å². The molecule has 0 bridgehead atoms. The Morgan fingerprint density at radius 2 is 2.14 bits per heavy atom. The second kappa shape index (κ2) is 1.89. The van der Waals surface area contributed by atoms with E-state index < -0.39 is 0 Å². The monoisotopic (exact) mass is 95.1 g/mol. The van der Waals surface area contributed by atoms with E-state index in [1.807, 2.05) is 0 Å². The zero-order valence-corrected chi connectivity index (χ0v) is 4.98. The fraction of sp³-hybridized carbons (Fsp3) is 1.00. The lowest BCUT2D eigenvalue weighted by Gasteiger charge is -2.05. The van der Waals surface area contributed by atoms with Gasteiger partial charge in [-0.1, -0.05) is 32.0 Å². The maximum Gasteiger partial charge on any atom is 0.0912 e. The van der Waals surface area contributed by atoms with Gasteiger partial charge < -0.3 is 0 Å². The summed E-state index contributed by atoms with van der Waals surface area (Å²) in [4.78, 5) is 0. The highest BCUT2D eigenvalue weighted by Crippen LogP contribution is 2.32. The lowest BCUT2D eigenvalue weighted by atomic mass is 9.80. The first-order valence-electron chi connectivity index (χ1n) is 3.14. The van der Waals surface area contributed by atoms with Crippen molar-refractivity contribution in [3.05, 3.63) is 0 Å². The van der Waals surface area contributed by atoms with Crippen LogP contribution in [0.4, 0.5) is 0 Å². The van der Waals surface area contributed by atoms with Crippen molar-refractivity contribution in [1.29, 1.82) is 0 Å². The molecule has 7 heavy (non-hydrogen) atoms. The smallest absolute Gasteiger partial charge is 0.0708 e. The minimum atomic E-state index is 0.764. The van der Waals surface area contributed by atoms with Gasteiger partial charge in [0.15, 0.2) is 0 Å². The predicted octanol–water partition coefficient (Wildman–Crippen LogP) is 1.50. The van der Waals surface area contributed by atoms with E-state index in [1.165, 1.54) is 19.3 Å². The van der Waals surface area contributed by atoms with E-state index >= 15 is 0 Å². The Labute approximate surface area is 46.7 Å². The topological polar surface area (TPSA) is 0 Å². The summed E-state index contributed by atoms with van der Waals surface area (Å²) in [5, 5.41) is 0. The van der Waals surface area contributed by atoms with Gasteiger partial charge in [0.2, 0.25) is 0 Å². The predicted molar refractivity (Wildman–Crippen MR) is 33.9 cm³/mol. The molecule has 0 nitrogen and oxygen atoms in total. The molecule has 1 radical (unpaired) electrons. The Bertz CT molecular complexity index is 53.2. The molecule has 0 aromatic rings. The first-order valence-corrected chi connectivity index (χ1v) is 3.14. The van der Waals surface area contributed by atoms with Crippen LogP contribution in [0.5, 0.6) is 0 Å². The fourth-order valence-corrected chi connectivity index (χ4v) is 1.22. The van der Waals surface area contributed by atoms with E-state index in [4.69, 9.17) is 0 Å². The van der Waals surface area contributed by atoms with E-state index in [0.717, 1.165) is 11.7 Å². The largest absolute Gasteiger partial charge is 0.0912 e. The van der Waals surface area contributed by atoms with Crippen LogP contribution in [0.2, 0.25) is 5.82 Å². The Kier molecular flexibility index (Phi) is 1.41. The molecule has 2 unspecified atom stereocenters. The summed E-state index contributed by atoms with van der Waals surface area (Å²) in [5.74, 6) is 1.67. The van der Waals surface area contributed by atoms with Gasteiger partial charge in [0.1, 0.15) is 0 Å². The van der Waals surface area contributed by atoms with Gasteiger partial charge in [0.05, 0.1) is 7.85 Å². The molecule has 39 valence electrons. The van der Waals surface area contributed by atoms with Crippen molar-refractivity contribution < 1.29 is 0 Å². The molecule has 0 N–H and O–H groups in total. The number of rotatable bonds is 0. The van der Waals surface area contributed by atoms with E-state index in [2.05, 4.69) is 14.8 Å². The standard InChI is InChI=1S/C6H12B/c1-5-3-2-4-6(5)7/h5-7H,2-4H2,1H3. The van der Waals surface area contributed by atoms with Gasteiger partial charge in [-0.3, -0.25) is 0 Å². The van der Waals surface area contributed by atoms with Gasteiger partial charge in [-0.15, -0.1) is 0 Å². The normalized spacial score (nSPS) is 41.9. The Morgan fingerprint density at radius 3 is 2.29 bits per heavy atom. The molecule has 1 fully saturated rings. The van der Waals surface area contributed by atoms with Gasteiger partial charge in [0, 0.05) is 0 Å². The van der Waals surface area contributed by atoms with Gasteiger partial charge in [-0.25, -0.2) is 0 Å². The fourth-order valence-electron chi connectivity index (χ4n) is 1.22. The quantitative estimate of drug-likeness (QED) is 0.400. The lowest BCUT2D eigenvalue weighted by Crippen LogP contribution is -1.93. The molecule has 1 aliphatic rings. The molecule has 0 aromatic heterocycles. The Balaban J connectivity index is 2.33. The summed E-state index contributed by atoms with van der Waals surface area (Å²) >= 11 is 0. The molecule has 1 heteroatoms. The number of hydrogen-bond acceptors (Lipinski definition) is 0. The summed E-state index contributed by atoms with van der Waals surface area (Å²) in [5.41, 5.74) is 0. The summed E-state index contributed by atoms with van der Waals surface area (Å²) < 4.78 is 0. The first-order chi connectivity index (χ1) is 3.30. The van der Waals surface area contributed by atoms with Gasteiger partial charge in [-0.05, 0) is 5.92 Å². The lowest BCUT2D eigenvalue weighted by molar-refractivity contribution is 0.611. The molecule has 0 heterocycles. The summed E-state index contributed by atoms with van der Waals surface area (Å²) in [7, 11) is 4.02. The Morgan fingerprint density at radius 1 is 1.43 bits per heavy atom.